The van der Waals surface area contributed by atoms with Crippen LogP contribution in [0.4, 0.5) is 0 Å². The van der Waals surface area contributed by atoms with Gasteiger partial charge in [-0.05, 0) is 54.9 Å². The largest absolute Gasteiger partial charge is 0.497 e. The third-order valence-electron chi connectivity index (χ3n) is 4.52. The Morgan fingerprint density at radius 2 is 1.95 bits per heavy atom. The number of rotatable bonds is 3. The van der Waals surface area contributed by atoms with E-state index in [0.717, 1.165) is 25.0 Å². The third-order valence-corrected chi connectivity index (χ3v) is 4.52. The number of benzene rings is 1. The summed E-state index contributed by atoms with van der Waals surface area (Å²) in [5.74, 6) is 1.22. The van der Waals surface area contributed by atoms with Crippen LogP contribution in [0.15, 0.2) is 18.2 Å². The van der Waals surface area contributed by atoms with Crippen LogP contribution in [-0.4, -0.2) is 12.9 Å². The first-order chi connectivity index (χ1) is 9.26. The van der Waals surface area contributed by atoms with Gasteiger partial charge in [0, 0.05) is 6.42 Å². The van der Waals surface area contributed by atoms with Crippen LogP contribution in [0.1, 0.15) is 58.1 Å². The highest BCUT2D eigenvalue weighted by Crippen LogP contribution is 2.41. The third kappa shape index (κ3) is 2.89. The monoisotopic (exact) mass is 274 g/mol. The molecule has 1 aliphatic carbocycles. The van der Waals surface area contributed by atoms with Crippen LogP contribution >= 0.6 is 0 Å². The summed E-state index contributed by atoms with van der Waals surface area (Å²) in [5, 5.41) is 0. The SMILES string of the molecule is COc1ccc2c(c1)C(C)(CCC(C)(C)C)C(=O)CC2. The lowest BCUT2D eigenvalue weighted by Gasteiger charge is -2.36. The summed E-state index contributed by atoms with van der Waals surface area (Å²) in [7, 11) is 1.68. The molecule has 0 saturated heterocycles. The van der Waals surface area contributed by atoms with E-state index in [-0.39, 0.29) is 10.8 Å². The van der Waals surface area contributed by atoms with E-state index in [1.165, 1.54) is 11.1 Å². The molecule has 20 heavy (non-hydrogen) atoms. The van der Waals surface area contributed by atoms with Gasteiger partial charge >= 0.3 is 0 Å². The zero-order valence-electron chi connectivity index (χ0n) is 13.4. The second kappa shape index (κ2) is 5.23. The topological polar surface area (TPSA) is 26.3 Å². The molecule has 2 heteroatoms. The molecule has 2 rings (SSSR count). The van der Waals surface area contributed by atoms with Crippen molar-refractivity contribution in [1.82, 2.24) is 0 Å². The molecule has 1 unspecified atom stereocenters. The lowest BCUT2D eigenvalue weighted by Crippen LogP contribution is -2.38. The number of ether oxygens (including phenoxy) is 1. The first-order valence-electron chi connectivity index (χ1n) is 7.47. The molecule has 1 aromatic rings. The lowest BCUT2D eigenvalue weighted by molar-refractivity contribution is -0.125. The van der Waals surface area contributed by atoms with Gasteiger partial charge in [-0.2, -0.15) is 0 Å². The predicted molar refractivity (Wildman–Crippen MR) is 82.4 cm³/mol. The highest BCUT2D eigenvalue weighted by atomic mass is 16.5. The first kappa shape index (κ1) is 15.1. The van der Waals surface area contributed by atoms with Gasteiger partial charge in [-0.25, -0.2) is 0 Å². The molecule has 0 saturated carbocycles. The van der Waals surface area contributed by atoms with Gasteiger partial charge in [0.25, 0.3) is 0 Å². The number of ketones is 1. The minimum Gasteiger partial charge on any atom is -0.497 e. The predicted octanol–water partition coefficient (Wildman–Crippen LogP) is 4.29. The number of hydrogen-bond donors (Lipinski definition) is 0. The van der Waals surface area contributed by atoms with Crippen LogP contribution in [-0.2, 0) is 16.6 Å². The Bertz CT molecular complexity index is 511. The van der Waals surface area contributed by atoms with E-state index in [1.54, 1.807) is 7.11 Å². The molecular formula is C18H26O2. The van der Waals surface area contributed by atoms with Crippen LogP contribution in [0.2, 0.25) is 0 Å². The maximum absolute atomic E-state index is 12.6. The summed E-state index contributed by atoms with van der Waals surface area (Å²) in [6.07, 6.45) is 3.49. The van der Waals surface area contributed by atoms with Crippen LogP contribution in [0, 0.1) is 5.41 Å². The normalized spacial score (nSPS) is 22.6. The zero-order valence-corrected chi connectivity index (χ0v) is 13.4. The average molecular weight is 274 g/mol. The molecule has 0 aromatic heterocycles. The molecule has 0 fully saturated rings. The van der Waals surface area contributed by atoms with Gasteiger partial charge in [-0.3, -0.25) is 4.79 Å². The molecule has 0 N–H and O–H groups in total. The van der Waals surface area contributed by atoms with E-state index < -0.39 is 0 Å². The van der Waals surface area contributed by atoms with Gasteiger partial charge < -0.3 is 4.74 Å². The number of Topliss-reactive ketones (excluding diaryl/α,β-unsaturated/α-hetero) is 1. The van der Waals surface area contributed by atoms with Crippen molar-refractivity contribution in [1.29, 1.82) is 0 Å². The minimum absolute atomic E-state index is 0.250. The van der Waals surface area contributed by atoms with Gasteiger partial charge in [0.15, 0.2) is 0 Å². The number of hydrogen-bond acceptors (Lipinski definition) is 2. The van der Waals surface area contributed by atoms with Crippen LogP contribution in [0.25, 0.3) is 0 Å². The molecular weight excluding hydrogens is 248 g/mol. The maximum Gasteiger partial charge on any atom is 0.143 e. The van der Waals surface area contributed by atoms with E-state index in [9.17, 15) is 4.79 Å². The molecule has 1 atom stereocenters. The molecule has 0 amide bonds. The second-order valence-corrected chi connectivity index (χ2v) is 7.34. The molecule has 0 heterocycles. The molecule has 2 nitrogen and oxygen atoms in total. The summed E-state index contributed by atoms with van der Waals surface area (Å²) in [6.45, 7) is 8.81. The van der Waals surface area contributed by atoms with Crippen molar-refractivity contribution in [3.63, 3.8) is 0 Å². The van der Waals surface area contributed by atoms with Crippen molar-refractivity contribution in [2.24, 2.45) is 5.41 Å². The Balaban J connectivity index is 2.39. The quantitative estimate of drug-likeness (QED) is 0.821. The van der Waals surface area contributed by atoms with Crippen LogP contribution in [0.3, 0.4) is 0 Å². The number of fused-ring (bicyclic) bond motifs is 1. The Hall–Kier alpha value is -1.31. The molecule has 0 radical (unpaired) electrons. The second-order valence-electron chi connectivity index (χ2n) is 7.34. The Labute approximate surface area is 122 Å². The molecule has 110 valence electrons. The molecule has 1 aliphatic rings. The van der Waals surface area contributed by atoms with Crippen molar-refractivity contribution < 1.29 is 9.53 Å². The first-order valence-corrected chi connectivity index (χ1v) is 7.47. The Morgan fingerprint density at radius 3 is 2.55 bits per heavy atom. The molecule has 0 spiro atoms. The summed E-state index contributed by atoms with van der Waals surface area (Å²) in [4.78, 5) is 12.6. The van der Waals surface area contributed by atoms with E-state index in [2.05, 4.69) is 39.8 Å². The Kier molecular flexibility index (Phi) is 3.95. The smallest absolute Gasteiger partial charge is 0.143 e. The van der Waals surface area contributed by atoms with Gasteiger partial charge in [0.1, 0.15) is 11.5 Å². The van der Waals surface area contributed by atoms with Gasteiger partial charge in [-0.15, -0.1) is 0 Å². The van der Waals surface area contributed by atoms with Crippen molar-refractivity contribution in [3.8, 4) is 5.75 Å². The van der Waals surface area contributed by atoms with Crippen molar-refractivity contribution in [3.05, 3.63) is 29.3 Å². The van der Waals surface area contributed by atoms with E-state index in [0.29, 0.717) is 12.2 Å². The minimum atomic E-state index is -0.352. The maximum atomic E-state index is 12.6. The Morgan fingerprint density at radius 1 is 1.25 bits per heavy atom. The number of carbonyl (C=O) groups is 1. The van der Waals surface area contributed by atoms with Gasteiger partial charge in [0.2, 0.25) is 0 Å². The van der Waals surface area contributed by atoms with Crippen molar-refractivity contribution in [2.75, 3.05) is 7.11 Å². The molecule has 0 aliphatic heterocycles. The fraction of sp³-hybridized carbons (Fsp3) is 0.611. The lowest BCUT2D eigenvalue weighted by atomic mass is 9.66. The highest BCUT2D eigenvalue weighted by Gasteiger charge is 2.40. The molecule has 0 bridgehead atoms. The van der Waals surface area contributed by atoms with Crippen LogP contribution in [0.5, 0.6) is 5.75 Å². The number of aryl methyl sites for hydroxylation is 1. The summed E-state index contributed by atoms with van der Waals surface area (Å²) < 4.78 is 5.34. The van der Waals surface area contributed by atoms with Crippen LogP contribution < -0.4 is 4.74 Å². The summed E-state index contributed by atoms with van der Waals surface area (Å²) >= 11 is 0. The highest BCUT2D eigenvalue weighted by molar-refractivity contribution is 5.92. The number of carbonyl (C=O) groups excluding carboxylic acids is 1. The van der Waals surface area contributed by atoms with Crippen molar-refractivity contribution in [2.45, 2.75) is 58.8 Å². The zero-order chi connectivity index (χ0) is 15.0. The average Bonchev–Trinajstić information content (AvgIpc) is 2.40. The summed E-state index contributed by atoms with van der Waals surface area (Å²) in [5.41, 5.74) is 2.38. The van der Waals surface area contributed by atoms with Gasteiger partial charge in [0.05, 0.1) is 12.5 Å². The number of methoxy groups -OCH3 is 1. The van der Waals surface area contributed by atoms with E-state index >= 15 is 0 Å². The molecule has 1 aromatic carbocycles. The van der Waals surface area contributed by atoms with Crippen molar-refractivity contribution >= 4 is 5.78 Å². The van der Waals surface area contributed by atoms with Gasteiger partial charge in [-0.1, -0.05) is 26.8 Å². The standard InChI is InChI=1S/C18H26O2/c1-17(2,3)10-11-18(4)15-12-14(20-5)8-6-13(15)7-9-16(18)19/h6,8,12H,7,9-11H2,1-5H3. The fourth-order valence-corrected chi connectivity index (χ4v) is 2.99. The van der Waals surface area contributed by atoms with E-state index in [4.69, 9.17) is 4.74 Å². The summed E-state index contributed by atoms with van der Waals surface area (Å²) in [6, 6.07) is 6.18. The van der Waals surface area contributed by atoms with E-state index in [1.807, 2.05) is 6.07 Å². The fourth-order valence-electron chi connectivity index (χ4n) is 2.99.